The van der Waals surface area contributed by atoms with Crippen LogP contribution >= 0.6 is 11.6 Å². The summed E-state index contributed by atoms with van der Waals surface area (Å²) in [6.07, 6.45) is 1.03. The van der Waals surface area contributed by atoms with Gasteiger partial charge >= 0.3 is 6.03 Å². The van der Waals surface area contributed by atoms with E-state index in [0.717, 1.165) is 0 Å². The van der Waals surface area contributed by atoms with Gasteiger partial charge < -0.3 is 20.1 Å². The highest BCUT2D eigenvalue weighted by Gasteiger charge is 2.22. The van der Waals surface area contributed by atoms with E-state index in [1.165, 1.54) is 39.5 Å². The number of nitrogens with one attached hydrogen (secondary N) is 3. The van der Waals surface area contributed by atoms with Crippen molar-refractivity contribution < 1.29 is 27.5 Å². The number of rotatable bonds is 9. The molecule has 0 aromatic heterocycles. The molecule has 0 aliphatic rings. The summed E-state index contributed by atoms with van der Waals surface area (Å²) in [5, 5.41) is 5.40. The molecule has 0 unspecified atom stereocenters. The Hall–Kier alpha value is -2.98. The van der Waals surface area contributed by atoms with Crippen molar-refractivity contribution in [3.63, 3.8) is 0 Å². The molecule has 9 nitrogen and oxygen atoms in total. The quantitative estimate of drug-likeness (QED) is 0.484. The van der Waals surface area contributed by atoms with Gasteiger partial charge in [-0.25, -0.2) is 17.9 Å². The Morgan fingerprint density at radius 3 is 2.35 bits per heavy atom. The Kier molecular flexibility index (Phi) is 8.52. The average Bonchev–Trinajstić information content (AvgIpc) is 2.75. The van der Waals surface area contributed by atoms with Crippen LogP contribution in [-0.4, -0.2) is 48.2 Å². The Bertz CT molecular complexity index is 1060. The fraction of sp³-hybridized carbons (Fsp3) is 0.300. The summed E-state index contributed by atoms with van der Waals surface area (Å²) in [7, 11) is 0.00682. The van der Waals surface area contributed by atoms with Crippen LogP contribution in [0.5, 0.6) is 11.5 Å². The summed E-state index contributed by atoms with van der Waals surface area (Å²) in [6, 6.07) is 8.59. The molecule has 0 aliphatic heterocycles. The summed E-state index contributed by atoms with van der Waals surface area (Å²) in [5.41, 5.74) is 1.03. The number of carbonyl (C=O) groups is 2. The fourth-order valence-electron chi connectivity index (χ4n) is 2.76. The molecule has 0 saturated carbocycles. The van der Waals surface area contributed by atoms with E-state index in [0.29, 0.717) is 41.3 Å². The summed E-state index contributed by atoms with van der Waals surface area (Å²) < 4.78 is 37.1. The molecular weight excluding hydrogens is 446 g/mol. The number of hydrogen-bond acceptors (Lipinski definition) is 6. The van der Waals surface area contributed by atoms with Gasteiger partial charge in [-0.1, -0.05) is 17.7 Å². The van der Waals surface area contributed by atoms with E-state index in [-0.39, 0.29) is 16.6 Å². The Morgan fingerprint density at radius 2 is 1.71 bits per heavy atom. The standard InChI is InChI=1S/C20H24ClN3O6S/c1-22-20(26)24-31(27,28)18-11-13(6-8-17(18)30-3)5-4-10-23-19(25)15-12-14(21)7-9-16(15)29-2/h6-9,11-12H,4-5,10H2,1-3H3,(H,23,25)(H2,22,24,26). The second-order valence-corrected chi connectivity index (χ2v) is 8.46. The molecular formula is C20H24ClN3O6S. The number of amides is 3. The number of hydrogen-bond donors (Lipinski definition) is 3. The minimum Gasteiger partial charge on any atom is -0.496 e. The third kappa shape index (κ3) is 6.50. The highest BCUT2D eigenvalue weighted by atomic mass is 35.5. The van der Waals surface area contributed by atoms with Crippen LogP contribution in [0.2, 0.25) is 5.02 Å². The maximum absolute atomic E-state index is 12.5. The molecule has 3 N–H and O–H groups in total. The van der Waals surface area contributed by atoms with Crippen LogP contribution in [0.1, 0.15) is 22.3 Å². The highest BCUT2D eigenvalue weighted by molar-refractivity contribution is 7.90. The first-order valence-electron chi connectivity index (χ1n) is 9.25. The lowest BCUT2D eigenvalue weighted by Crippen LogP contribution is -2.37. The zero-order valence-corrected chi connectivity index (χ0v) is 18.9. The van der Waals surface area contributed by atoms with Crippen LogP contribution in [0.15, 0.2) is 41.3 Å². The van der Waals surface area contributed by atoms with Crippen LogP contribution in [0.4, 0.5) is 4.79 Å². The number of benzene rings is 2. The highest BCUT2D eigenvalue weighted by Crippen LogP contribution is 2.25. The monoisotopic (exact) mass is 469 g/mol. The number of aryl methyl sites for hydroxylation is 1. The van der Waals surface area contributed by atoms with Gasteiger partial charge in [0.1, 0.15) is 16.4 Å². The van der Waals surface area contributed by atoms with Gasteiger partial charge in [-0.3, -0.25) is 4.79 Å². The third-order valence-corrected chi connectivity index (χ3v) is 5.89. The van der Waals surface area contributed by atoms with Crippen molar-refractivity contribution in [1.29, 1.82) is 0 Å². The van der Waals surface area contributed by atoms with Crippen LogP contribution in [0.3, 0.4) is 0 Å². The summed E-state index contributed by atoms with van der Waals surface area (Å²) in [6.45, 7) is 0.346. The number of halogens is 1. The predicted molar refractivity (Wildman–Crippen MR) is 116 cm³/mol. The van der Waals surface area contributed by atoms with Gasteiger partial charge in [-0.2, -0.15) is 0 Å². The van der Waals surface area contributed by atoms with Crippen molar-refractivity contribution in [3.05, 3.63) is 52.5 Å². The number of ether oxygens (including phenoxy) is 2. The lowest BCUT2D eigenvalue weighted by Gasteiger charge is -2.13. The molecule has 31 heavy (non-hydrogen) atoms. The molecule has 2 aromatic rings. The van der Waals surface area contributed by atoms with Crippen LogP contribution in [0.25, 0.3) is 0 Å². The molecule has 2 aromatic carbocycles. The lowest BCUT2D eigenvalue weighted by atomic mass is 10.1. The van der Waals surface area contributed by atoms with Gasteiger partial charge in [0, 0.05) is 18.6 Å². The third-order valence-electron chi connectivity index (χ3n) is 4.31. The SMILES string of the molecule is CNC(=O)NS(=O)(=O)c1cc(CCCNC(=O)c2cc(Cl)ccc2OC)ccc1OC. The first kappa shape index (κ1) is 24.3. The molecule has 0 atom stereocenters. The summed E-state index contributed by atoms with van der Waals surface area (Å²) in [5.74, 6) is 0.198. The Labute approximate surface area is 186 Å². The van der Waals surface area contributed by atoms with Gasteiger partial charge in [0.2, 0.25) is 0 Å². The van der Waals surface area contributed by atoms with Crippen LogP contribution in [-0.2, 0) is 16.4 Å². The number of urea groups is 1. The molecule has 168 valence electrons. The maximum atomic E-state index is 12.5. The molecule has 0 radical (unpaired) electrons. The molecule has 2 rings (SSSR count). The molecule has 0 heterocycles. The second kappa shape index (κ2) is 10.9. The van der Waals surface area contributed by atoms with Crippen LogP contribution < -0.4 is 24.8 Å². The second-order valence-electron chi connectivity index (χ2n) is 6.37. The minimum absolute atomic E-state index is 0.113. The van der Waals surface area contributed by atoms with Gasteiger partial charge in [-0.05, 0) is 48.7 Å². The summed E-state index contributed by atoms with van der Waals surface area (Å²) >= 11 is 5.95. The first-order chi connectivity index (χ1) is 14.7. The fourth-order valence-corrected chi connectivity index (χ4v) is 4.11. The average molecular weight is 470 g/mol. The van der Waals surface area contributed by atoms with Gasteiger partial charge in [0.25, 0.3) is 15.9 Å². The van der Waals surface area contributed by atoms with Crippen molar-refractivity contribution in [2.24, 2.45) is 0 Å². The van der Waals surface area contributed by atoms with Crippen LogP contribution in [0, 0.1) is 0 Å². The topological polar surface area (TPSA) is 123 Å². The van der Waals surface area contributed by atoms with Gasteiger partial charge in [0.05, 0.1) is 19.8 Å². The molecule has 0 fully saturated rings. The van der Waals surface area contributed by atoms with E-state index in [9.17, 15) is 18.0 Å². The lowest BCUT2D eigenvalue weighted by molar-refractivity contribution is 0.0950. The van der Waals surface area contributed by atoms with E-state index >= 15 is 0 Å². The van der Waals surface area contributed by atoms with Crippen molar-refractivity contribution >= 4 is 33.6 Å². The van der Waals surface area contributed by atoms with E-state index in [1.54, 1.807) is 18.2 Å². The van der Waals surface area contributed by atoms with E-state index < -0.39 is 16.1 Å². The Morgan fingerprint density at radius 1 is 1.03 bits per heavy atom. The molecule has 0 saturated heterocycles. The van der Waals surface area contributed by atoms with E-state index in [4.69, 9.17) is 21.1 Å². The molecule has 11 heteroatoms. The largest absolute Gasteiger partial charge is 0.496 e. The van der Waals surface area contributed by atoms with Gasteiger partial charge in [-0.15, -0.1) is 0 Å². The zero-order chi connectivity index (χ0) is 23.0. The minimum atomic E-state index is -4.11. The molecule has 0 aliphatic carbocycles. The smallest absolute Gasteiger partial charge is 0.328 e. The van der Waals surface area contributed by atoms with Crippen molar-refractivity contribution in [2.45, 2.75) is 17.7 Å². The van der Waals surface area contributed by atoms with Crippen molar-refractivity contribution in [3.8, 4) is 11.5 Å². The number of methoxy groups -OCH3 is 2. The number of sulfonamides is 1. The van der Waals surface area contributed by atoms with E-state index in [2.05, 4.69) is 10.6 Å². The van der Waals surface area contributed by atoms with Crippen molar-refractivity contribution in [1.82, 2.24) is 15.4 Å². The molecule has 3 amide bonds. The Balaban J connectivity index is 2.04. The van der Waals surface area contributed by atoms with E-state index in [1.807, 2.05) is 4.72 Å². The number of carbonyl (C=O) groups excluding carboxylic acids is 2. The summed E-state index contributed by atoms with van der Waals surface area (Å²) in [4.78, 5) is 23.7. The first-order valence-corrected chi connectivity index (χ1v) is 11.1. The zero-order valence-electron chi connectivity index (χ0n) is 17.3. The van der Waals surface area contributed by atoms with Gasteiger partial charge in [0.15, 0.2) is 0 Å². The maximum Gasteiger partial charge on any atom is 0.328 e. The molecule has 0 spiro atoms. The normalized spacial score (nSPS) is 10.8. The van der Waals surface area contributed by atoms with Crippen molar-refractivity contribution in [2.75, 3.05) is 27.8 Å². The predicted octanol–water partition coefficient (Wildman–Crippen LogP) is 2.34. The molecule has 0 bridgehead atoms.